The lowest BCUT2D eigenvalue weighted by molar-refractivity contribution is 0.102. The highest BCUT2D eigenvalue weighted by molar-refractivity contribution is 6.13. The number of pyridine rings is 1. The Morgan fingerprint density at radius 2 is 1.30 bits per heavy atom. The first-order chi connectivity index (χ1) is 14.5. The maximum Gasteiger partial charge on any atom is 0.274 e. The van der Waals surface area contributed by atoms with Crippen LogP contribution in [-0.2, 0) is 0 Å². The second-order valence-electron chi connectivity index (χ2n) is 7.22. The van der Waals surface area contributed by atoms with Gasteiger partial charge in [0.2, 0.25) is 0 Å². The number of carbonyl (C=O) groups excluding carboxylic acids is 2. The van der Waals surface area contributed by atoms with Crippen LogP contribution in [-0.4, -0.2) is 16.8 Å². The van der Waals surface area contributed by atoms with E-state index in [1.165, 1.54) is 0 Å². The van der Waals surface area contributed by atoms with Gasteiger partial charge < -0.3 is 10.6 Å². The molecular formula is C25H21N3O2. The van der Waals surface area contributed by atoms with E-state index in [0.29, 0.717) is 16.8 Å². The fourth-order valence-corrected chi connectivity index (χ4v) is 3.32. The highest BCUT2D eigenvalue weighted by atomic mass is 16.2. The molecule has 0 aliphatic heterocycles. The molecule has 0 aliphatic rings. The van der Waals surface area contributed by atoms with E-state index in [1.54, 1.807) is 6.07 Å². The Kier molecular flexibility index (Phi) is 5.26. The number of amides is 2. The van der Waals surface area contributed by atoms with Gasteiger partial charge in [0, 0.05) is 16.8 Å². The summed E-state index contributed by atoms with van der Waals surface area (Å²) in [4.78, 5) is 30.3. The first-order valence-electron chi connectivity index (χ1n) is 9.65. The number of nitrogens with zero attached hydrogens (tertiary/aromatic N) is 1. The summed E-state index contributed by atoms with van der Waals surface area (Å²) < 4.78 is 0. The monoisotopic (exact) mass is 395 g/mol. The number of rotatable bonds is 4. The summed E-state index contributed by atoms with van der Waals surface area (Å²) in [5.41, 5.74) is 3.84. The average Bonchev–Trinajstić information content (AvgIpc) is 2.73. The van der Waals surface area contributed by atoms with Gasteiger partial charge in [-0.05, 0) is 60.7 Å². The molecule has 0 aliphatic carbocycles. The predicted molar refractivity (Wildman–Crippen MR) is 120 cm³/mol. The largest absolute Gasteiger partial charge is 0.321 e. The highest BCUT2D eigenvalue weighted by Crippen LogP contribution is 2.21. The van der Waals surface area contributed by atoms with Crippen LogP contribution in [0.2, 0.25) is 0 Å². The Morgan fingerprint density at radius 3 is 1.93 bits per heavy atom. The van der Waals surface area contributed by atoms with Crippen LogP contribution in [0.5, 0.6) is 0 Å². The first kappa shape index (κ1) is 19.3. The standard InChI is InChI=1S/C25H21N3O2/c1-16-7-5-10-19(13-16)26-24(29)22-15-18-9-3-4-12-21(18)23(28-22)25(30)27-20-11-6-8-17(2)14-20/h3-15H,1-2H3,(H,26,29)(H,27,30). The highest BCUT2D eigenvalue weighted by Gasteiger charge is 2.17. The van der Waals surface area contributed by atoms with Gasteiger partial charge in [-0.25, -0.2) is 4.98 Å². The van der Waals surface area contributed by atoms with Gasteiger partial charge in [-0.3, -0.25) is 9.59 Å². The van der Waals surface area contributed by atoms with Crippen molar-refractivity contribution >= 4 is 34.0 Å². The Hall–Kier alpha value is -3.99. The van der Waals surface area contributed by atoms with Crippen LogP contribution in [0.15, 0.2) is 78.9 Å². The van der Waals surface area contributed by atoms with Crippen LogP contribution in [0, 0.1) is 13.8 Å². The minimum absolute atomic E-state index is 0.185. The van der Waals surface area contributed by atoms with Crippen LogP contribution in [0.3, 0.4) is 0 Å². The van der Waals surface area contributed by atoms with E-state index in [4.69, 9.17) is 0 Å². The number of hydrogen-bond acceptors (Lipinski definition) is 3. The molecular weight excluding hydrogens is 374 g/mol. The third-order valence-corrected chi connectivity index (χ3v) is 4.74. The molecule has 0 atom stereocenters. The smallest absolute Gasteiger partial charge is 0.274 e. The molecule has 30 heavy (non-hydrogen) atoms. The lowest BCUT2D eigenvalue weighted by Crippen LogP contribution is -2.19. The second-order valence-corrected chi connectivity index (χ2v) is 7.22. The van der Waals surface area contributed by atoms with E-state index in [9.17, 15) is 9.59 Å². The molecule has 0 spiro atoms. The molecule has 148 valence electrons. The molecule has 0 radical (unpaired) electrons. The minimum atomic E-state index is -0.365. The molecule has 0 bridgehead atoms. The van der Waals surface area contributed by atoms with Crippen molar-refractivity contribution in [2.75, 3.05) is 10.6 Å². The third-order valence-electron chi connectivity index (χ3n) is 4.74. The minimum Gasteiger partial charge on any atom is -0.321 e. The summed E-state index contributed by atoms with van der Waals surface area (Å²) in [5, 5.41) is 7.20. The molecule has 4 rings (SSSR count). The van der Waals surface area contributed by atoms with Crippen LogP contribution in [0.4, 0.5) is 11.4 Å². The van der Waals surface area contributed by atoms with E-state index in [2.05, 4.69) is 15.6 Å². The molecule has 4 aromatic rings. The van der Waals surface area contributed by atoms with Crippen LogP contribution >= 0.6 is 0 Å². The van der Waals surface area contributed by atoms with E-state index in [0.717, 1.165) is 16.5 Å². The summed E-state index contributed by atoms with van der Waals surface area (Å²) >= 11 is 0. The quantitative estimate of drug-likeness (QED) is 0.489. The normalized spacial score (nSPS) is 10.6. The zero-order valence-corrected chi connectivity index (χ0v) is 16.8. The molecule has 0 saturated heterocycles. The molecule has 1 aromatic heterocycles. The van der Waals surface area contributed by atoms with Gasteiger partial charge in [0.25, 0.3) is 11.8 Å². The Morgan fingerprint density at radius 1 is 0.700 bits per heavy atom. The molecule has 1 heterocycles. The molecule has 2 amide bonds. The maximum absolute atomic E-state index is 13.0. The molecule has 2 N–H and O–H groups in total. The van der Waals surface area contributed by atoms with Crippen molar-refractivity contribution in [2.45, 2.75) is 13.8 Å². The lowest BCUT2D eigenvalue weighted by Gasteiger charge is -2.11. The summed E-state index contributed by atoms with van der Waals surface area (Å²) in [6.45, 7) is 3.91. The summed E-state index contributed by atoms with van der Waals surface area (Å²) in [5.74, 6) is -0.724. The van der Waals surface area contributed by atoms with Crippen molar-refractivity contribution < 1.29 is 9.59 Å². The maximum atomic E-state index is 13.0. The summed E-state index contributed by atoms with van der Waals surface area (Å²) in [7, 11) is 0. The number of fused-ring (bicyclic) bond motifs is 1. The van der Waals surface area contributed by atoms with Gasteiger partial charge in [0.05, 0.1) is 0 Å². The zero-order chi connectivity index (χ0) is 21.1. The summed E-state index contributed by atoms with van der Waals surface area (Å²) in [6.07, 6.45) is 0. The second kappa shape index (κ2) is 8.17. The SMILES string of the molecule is Cc1cccc(NC(=O)c2cc3ccccc3c(C(=O)Nc3cccc(C)c3)n2)c1. The van der Waals surface area contributed by atoms with Gasteiger partial charge in [0.1, 0.15) is 11.4 Å². The molecule has 0 unspecified atom stereocenters. The van der Waals surface area contributed by atoms with Crippen molar-refractivity contribution in [2.24, 2.45) is 0 Å². The number of anilines is 2. The Bertz CT molecular complexity index is 1260. The topological polar surface area (TPSA) is 71.1 Å². The van der Waals surface area contributed by atoms with E-state index in [1.807, 2.05) is 86.6 Å². The van der Waals surface area contributed by atoms with Crippen LogP contribution in [0.1, 0.15) is 32.1 Å². The van der Waals surface area contributed by atoms with Crippen LogP contribution < -0.4 is 10.6 Å². The first-order valence-corrected chi connectivity index (χ1v) is 9.65. The van der Waals surface area contributed by atoms with Gasteiger partial charge >= 0.3 is 0 Å². The van der Waals surface area contributed by atoms with Crippen LogP contribution in [0.25, 0.3) is 10.8 Å². The number of nitrogens with one attached hydrogen (secondary N) is 2. The lowest BCUT2D eigenvalue weighted by atomic mass is 10.1. The van der Waals surface area contributed by atoms with Gasteiger partial charge in [-0.1, -0.05) is 48.5 Å². The molecule has 0 fully saturated rings. The molecule has 0 saturated carbocycles. The van der Waals surface area contributed by atoms with Crippen molar-refractivity contribution in [3.63, 3.8) is 0 Å². The Labute approximate surface area is 174 Å². The van der Waals surface area contributed by atoms with Crippen molar-refractivity contribution in [1.29, 1.82) is 0 Å². The molecule has 5 nitrogen and oxygen atoms in total. The number of benzene rings is 3. The van der Waals surface area contributed by atoms with Crippen molar-refractivity contribution in [1.82, 2.24) is 4.98 Å². The Balaban J connectivity index is 1.70. The third kappa shape index (κ3) is 4.20. The number of hydrogen-bond donors (Lipinski definition) is 2. The fourth-order valence-electron chi connectivity index (χ4n) is 3.32. The average molecular weight is 395 g/mol. The van der Waals surface area contributed by atoms with E-state index >= 15 is 0 Å². The van der Waals surface area contributed by atoms with Crippen molar-refractivity contribution in [3.8, 4) is 0 Å². The van der Waals surface area contributed by atoms with E-state index < -0.39 is 0 Å². The number of carbonyl (C=O) groups is 2. The van der Waals surface area contributed by atoms with E-state index in [-0.39, 0.29) is 23.2 Å². The van der Waals surface area contributed by atoms with Gasteiger partial charge in [0.15, 0.2) is 0 Å². The predicted octanol–water partition coefficient (Wildman–Crippen LogP) is 5.36. The number of aromatic nitrogens is 1. The fraction of sp³-hybridized carbons (Fsp3) is 0.0800. The summed E-state index contributed by atoms with van der Waals surface area (Å²) in [6, 6.07) is 24.2. The van der Waals surface area contributed by atoms with Crippen molar-refractivity contribution in [3.05, 3.63) is 101 Å². The molecule has 3 aromatic carbocycles. The molecule has 5 heteroatoms. The van der Waals surface area contributed by atoms with Gasteiger partial charge in [-0.15, -0.1) is 0 Å². The van der Waals surface area contributed by atoms with Gasteiger partial charge in [-0.2, -0.15) is 0 Å². The number of aryl methyl sites for hydroxylation is 2. The zero-order valence-electron chi connectivity index (χ0n) is 16.8.